The molecule has 1 saturated carbocycles. The van der Waals surface area contributed by atoms with Gasteiger partial charge < -0.3 is 19.5 Å². The summed E-state index contributed by atoms with van der Waals surface area (Å²) in [5, 5.41) is 20.0. The maximum absolute atomic E-state index is 10.2. The lowest BCUT2D eigenvalue weighted by molar-refractivity contribution is 0.0241. The molecule has 0 saturated heterocycles. The van der Waals surface area contributed by atoms with E-state index in [2.05, 4.69) is 15.0 Å². The molecule has 7 nitrogen and oxygen atoms in total. The Hall–Kier alpha value is -2.51. The van der Waals surface area contributed by atoms with Gasteiger partial charge in [-0.05, 0) is 18.4 Å². The second-order valence-electron chi connectivity index (χ2n) is 5.80. The van der Waals surface area contributed by atoms with Crippen molar-refractivity contribution < 1.29 is 16.3 Å². The molecular formula is C17H18N4O3. The van der Waals surface area contributed by atoms with Crippen LogP contribution in [0.4, 0.5) is 0 Å². The van der Waals surface area contributed by atoms with Crippen LogP contribution < -0.4 is 4.74 Å². The Bertz CT molecular complexity index is 873. The zero-order valence-corrected chi connectivity index (χ0v) is 12.9. The smallest absolute Gasteiger partial charge is 0.245 e. The Morgan fingerprint density at radius 2 is 2.04 bits per heavy atom. The Balaban J connectivity index is 1.62. The summed E-state index contributed by atoms with van der Waals surface area (Å²) in [7, 11) is 0. The van der Waals surface area contributed by atoms with Crippen LogP contribution in [0.25, 0.3) is 11.2 Å². The highest BCUT2D eigenvalue weighted by Gasteiger charge is 2.35. The summed E-state index contributed by atoms with van der Waals surface area (Å²) in [5.74, 6) is 0.364. The number of imidazole rings is 1. The maximum Gasteiger partial charge on any atom is 0.245 e. The van der Waals surface area contributed by atoms with Crippen molar-refractivity contribution in [2.24, 2.45) is 0 Å². The lowest BCUT2D eigenvalue weighted by atomic mass is 10.2. The molecule has 0 unspecified atom stereocenters. The van der Waals surface area contributed by atoms with E-state index in [1.807, 2.05) is 30.3 Å². The first-order valence-corrected chi connectivity index (χ1v) is 7.78. The summed E-state index contributed by atoms with van der Waals surface area (Å²) in [4.78, 5) is 12.7. The van der Waals surface area contributed by atoms with Crippen molar-refractivity contribution in [3.05, 3.63) is 48.5 Å². The van der Waals surface area contributed by atoms with Crippen molar-refractivity contribution in [1.29, 1.82) is 0 Å². The Morgan fingerprint density at radius 1 is 1.21 bits per heavy atom. The quantitative estimate of drug-likeness (QED) is 0.753. The van der Waals surface area contributed by atoms with E-state index in [9.17, 15) is 10.2 Å². The number of hydrogen-bond donors (Lipinski definition) is 2. The molecular weight excluding hydrogens is 308 g/mol. The number of benzene rings is 1. The fourth-order valence-electron chi connectivity index (χ4n) is 2.97. The number of ether oxygens (including phenoxy) is 1. The molecule has 124 valence electrons. The summed E-state index contributed by atoms with van der Waals surface area (Å²) < 4.78 is 15.3. The first kappa shape index (κ1) is 13.9. The number of fused-ring (bicyclic) bond motifs is 1. The second-order valence-corrected chi connectivity index (χ2v) is 5.80. The van der Waals surface area contributed by atoms with Crippen LogP contribution in [0.2, 0.25) is 0 Å². The van der Waals surface area contributed by atoms with Gasteiger partial charge in [0.2, 0.25) is 5.88 Å². The number of aliphatic hydroxyl groups excluding tert-OH is 2. The minimum atomic E-state index is -1.07. The minimum absolute atomic E-state index is 0.331. The van der Waals surface area contributed by atoms with Crippen LogP contribution in [0.3, 0.4) is 0 Å². The SMILES string of the molecule is [2H][C@H]1C[C@@H](n2cnc3c(OCc4ccccc4)ncnc32)[C@H](O)[C@@H]1O. The third-order valence-corrected chi connectivity index (χ3v) is 4.26. The van der Waals surface area contributed by atoms with Crippen molar-refractivity contribution in [2.75, 3.05) is 0 Å². The van der Waals surface area contributed by atoms with Gasteiger partial charge in [0.1, 0.15) is 19.0 Å². The molecule has 0 bridgehead atoms. The normalized spacial score (nSPS) is 27.3. The molecule has 4 atom stereocenters. The molecule has 1 aliphatic rings. The van der Waals surface area contributed by atoms with Crippen LogP contribution in [-0.4, -0.2) is 41.9 Å². The second kappa shape index (κ2) is 6.18. The first-order chi connectivity index (χ1) is 12.1. The lowest BCUT2D eigenvalue weighted by Crippen LogP contribution is -2.26. The van der Waals surface area contributed by atoms with Crippen molar-refractivity contribution >= 4 is 11.2 Å². The van der Waals surface area contributed by atoms with Gasteiger partial charge in [-0.2, -0.15) is 4.98 Å². The van der Waals surface area contributed by atoms with Gasteiger partial charge in [-0.1, -0.05) is 30.3 Å². The summed E-state index contributed by atoms with van der Waals surface area (Å²) in [6.07, 6.45) is 0.442. The van der Waals surface area contributed by atoms with Gasteiger partial charge in [0.25, 0.3) is 0 Å². The van der Waals surface area contributed by atoms with Crippen LogP contribution in [0.1, 0.15) is 25.8 Å². The predicted molar refractivity (Wildman–Crippen MR) is 86.4 cm³/mol. The molecule has 0 aliphatic heterocycles. The van der Waals surface area contributed by atoms with E-state index in [-0.39, 0.29) is 0 Å². The molecule has 1 fully saturated rings. The molecule has 0 spiro atoms. The minimum Gasteiger partial charge on any atom is -0.471 e. The van der Waals surface area contributed by atoms with E-state index in [0.29, 0.717) is 30.1 Å². The largest absolute Gasteiger partial charge is 0.471 e. The van der Waals surface area contributed by atoms with Crippen LogP contribution in [0.15, 0.2) is 43.0 Å². The average molecular weight is 327 g/mol. The topological polar surface area (TPSA) is 93.3 Å². The predicted octanol–water partition coefficient (Wildman–Crippen LogP) is 1.46. The molecule has 7 heteroatoms. The van der Waals surface area contributed by atoms with Gasteiger partial charge in [0.15, 0.2) is 11.2 Å². The highest BCUT2D eigenvalue weighted by atomic mass is 16.5. The third-order valence-electron chi connectivity index (χ3n) is 4.26. The van der Waals surface area contributed by atoms with E-state index >= 15 is 0 Å². The highest BCUT2D eigenvalue weighted by Crippen LogP contribution is 2.33. The van der Waals surface area contributed by atoms with Crippen molar-refractivity contribution in [2.45, 2.75) is 37.7 Å². The summed E-state index contributed by atoms with van der Waals surface area (Å²) in [6, 6.07) is 9.29. The molecule has 3 aromatic rings. The zero-order chi connectivity index (χ0) is 17.4. The van der Waals surface area contributed by atoms with Gasteiger partial charge >= 0.3 is 0 Å². The lowest BCUT2D eigenvalue weighted by Gasteiger charge is -2.18. The van der Waals surface area contributed by atoms with Crippen molar-refractivity contribution in [1.82, 2.24) is 19.5 Å². The summed E-state index contributed by atoms with van der Waals surface area (Å²) in [5.41, 5.74) is 2.03. The van der Waals surface area contributed by atoms with Gasteiger partial charge in [-0.15, -0.1) is 0 Å². The molecule has 0 amide bonds. The Morgan fingerprint density at radius 3 is 2.79 bits per heavy atom. The van der Waals surface area contributed by atoms with Gasteiger partial charge in [-0.3, -0.25) is 0 Å². The van der Waals surface area contributed by atoms with E-state index < -0.39 is 24.6 Å². The van der Waals surface area contributed by atoms with Gasteiger partial charge in [0.05, 0.1) is 18.5 Å². The first-order valence-electron chi connectivity index (χ1n) is 8.35. The van der Waals surface area contributed by atoms with E-state index in [0.717, 1.165) is 5.56 Å². The fourth-order valence-corrected chi connectivity index (χ4v) is 2.97. The third kappa shape index (κ3) is 2.61. The molecule has 2 aromatic heterocycles. The molecule has 24 heavy (non-hydrogen) atoms. The van der Waals surface area contributed by atoms with Crippen molar-refractivity contribution in [3.63, 3.8) is 0 Å². The van der Waals surface area contributed by atoms with Crippen LogP contribution >= 0.6 is 0 Å². The number of aliphatic hydroxyl groups is 2. The molecule has 1 aliphatic carbocycles. The van der Waals surface area contributed by atoms with Crippen LogP contribution in [0, 0.1) is 0 Å². The highest BCUT2D eigenvalue weighted by molar-refractivity contribution is 5.76. The molecule has 1 aromatic carbocycles. The average Bonchev–Trinajstić information content (AvgIpc) is 3.18. The Kier molecular flexibility index (Phi) is 3.58. The van der Waals surface area contributed by atoms with Crippen LogP contribution in [0.5, 0.6) is 5.88 Å². The Labute approximate surface area is 140 Å². The molecule has 2 heterocycles. The zero-order valence-electron chi connectivity index (χ0n) is 13.9. The van der Waals surface area contributed by atoms with E-state index in [4.69, 9.17) is 6.11 Å². The summed E-state index contributed by atoms with van der Waals surface area (Å²) >= 11 is 0. The van der Waals surface area contributed by atoms with E-state index in [1.54, 1.807) is 10.9 Å². The standard InChI is InChI=1S/C17H18N4O3/c22-13-7-6-12(15(13)23)21-10-20-14-16(21)18-9-19-17(14)24-8-11-4-2-1-3-5-11/h1-5,9-10,12-13,15,22-23H,6-8H2/t12-,13-,15+/m1/s1/i7D/t7-,12+,13+,15-/m0. The number of hydrogen-bond acceptors (Lipinski definition) is 6. The number of nitrogens with zero attached hydrogens (tertiary/aromatic N) is 4. The van der Waals surface area contributed by atoms with Gasteiger partial charge in [-0.25, -0.2) is 9.97 Å². The van der Waals surface area contributed by atoms with Gasteiger partial charge in [0, 0.05) is 1.37 Å². The van der Waals surface area contributed by atoms with Crippen molar-refractivity contribution in [3.8, 4) is 5.88 Å². The van der Waals surface area contributed by atoms with Crippen LogP contribution in [-0.2, 0) is 6.61 Å². The summed E-state index contributed by atoms with van der Waals surface area (Å²) in [6.45, 7) is 0.360. The van der Waals surface area contributed by atoms with E-state index in [1.165, 1.54) is 6.33 Å². The number of aromatic nitrogens is 4. The monoisotopic (exact) mass is 327 g/mol. The fraction of sp³-hybridized carbons (Fsp3) is 0.353. The number of rotatable bonds is 4. The molecule has 4 rings (SSSR count). The molecule has 2 N–H and O–H groups in total. The molecule has 0 radical (unpaired) electrons. The maximum atomic E-state index is 10.2.